The van der Waals surface area contributed by atoms with Gasteiger partial charge in [-0.15, -0.1) is 11.8 Å². The lowest BCUT2D eigenvalue weighted by molar-refractivity contribution is -0.120. The van der Waals surface area contributed by atoms with E-state index in [1.807, 2.05) is 12.2 Å². The highest BCUT2D eigenvalue weighted by Gasteiger charge is 2.42. The van der Waals surface area contributed by atoms with Crippen molar-refractivity contribution in [3.8, 4) is 0 Å². The fourth-order valence-corrected chi connectivity index (χ4v) is 5.92. The van der Waals surface area contributed by atoms with Crippen LogP contribution in [-0.2, 0) is 4.79 Å². The molecule has 164 valence electrons. The van der Waals surface area contributed by atoms with Crippen LogP contribution in [0.2, 0.25) is 0 Å². The summed E-state index contributed by atoms with van der Waals surface area (Å²) in [6.45, 7) is 2.15. The van der Waals surface area contributed by atoms with E-state index in [0.29, 0.717) is 12.2 Å². The van der Waals surface area contributed by atoms with Crippen molar-refractivity contribution in [2.24, 2.45) is 17.3 Å². The molecule has 3 rings (SSSR count). The molecule has 1 aromatic rings. The molecule has 0 aromatic heterocycles. The molecular formula is C24H32O5S. The van der Waals surface area contributed by atoms with Crippen LogP contribution in [0.1, 0.15) is 62.2 Å². The van der Waals surface area contributed by atoms with Crippen LogP contribution < -0.4 is 0 Å². The number of aromatic carboxylic acids is 1. The Morgan fingerprint density at radius 3 is 2.57 bits per heavy atom. The van der Waals surface area contributed by atoms with Gasteiger partial charge in [-0.05, 0) is 55.4 Å². The second kappa shape index (κ2) is 10.1. The highest BCUT2D eigenvalue weighted by Crippen LogP contribution is 2.48. The zero-order chi connectivity index (χ0) is 21.7. The Bertz CT molecular complexity index is 768. The molecule has 6 heteroatoms. The van der Waals surface area contributed by atoms with Crippen molar-refractivity contribution in [2.45, 2.75) is 69.0 Å². The van der Waals surface area contributed by atoms with Crippen LogP contribution in [0.5, 0.6) is 0 Å². The van der Waals surface area contributed by atoms with Crippen molar-refractivity contribution in [3.05, 3.63) is 42.0 Å². The summed E-state index contributed by atoms with van der Waals surface area (Å²) in [7, 11) is 0. The molecule has 3 N–H and O–H groups in total. The Balaban J connectivity index is 1.58. The maximum atomic E-state index is 12.4. The molecule has 0 saturated heterocycles. The van der Waals surface area contributed by atoms with Crippen molar-refractivity contribution < 1.29 is 24.9 Å². The quantitative estimate of drug-likeness (QED) is 0.376. The molecule has 0 amide bonds. The van der Waals surface area contributed by atoms with Gasteiger partial charge in [-0.1, -0.05) is 31.9 Å². The number of carbonyl (C=O) groups is 2. The van der Waals surface area contributed by atoms with E-state index in [9.17, 15) is 19.8 Å². The topological polar surface area (TPSA) is 94.8 Å². The minimum atomic E-state index is -0.962. The summed E-state index contributed by atoms with van der Waals surface area (Å²) < 4.78 is 0. The van der Waals surface area contributed by atoms with Gasteiger partial charge in [0.25, 0.3) is 0 Å². The molecule has 4 atom stereocenters. The Morgan fingerprint density at radius 2 is 2.00 bits per heavy atom. The van der Waals surface area contributed by atoms with Gasteiger partial charge in [0.2, 0.25) is 0 Å². The average molecular weight is 433 g/mol. The number of aliphatic hydroxyl groups is 2. The van der Waals surface area contributed by atoms with Crippen LogP contribution in [-0.4, -0.2) is 45.0 Å². The number of Topliss-reactive ketones (excluding diaryl/α,β-unsaturated/α-hetero) is 1. The summed E-state index contributed by atoms with van der Waals surface area (Å²) in [5, 5.41) is 30.1. The van der Waals surface area contributed by atoms with E-state index < -0.39 is 12.1 Å². The highest BCUT2D eigenvalue weighted by atomic mass is 32.2. The summed E-state index contributed by atoms with van der Waals surface area (Å²) in [4.78, 5) is 24.3. The van der Waals surface area contributed by atoms with E-state index in [1.54, 1.807) is 24.3 Å². The van der Waals surface area contributed by atoms with Gasteiger partial charge in [0.1, 0.15) is 5.78 Å². The number of carboxylic acid groups (broad SMARTS) is 1. The van der Waals surface area contributed by atoms with Gasteiger partial charge in [0.05, 0.1) is 17.8 Å². The number of thioether (sulfide) groups is 1. The van der Waals surface area contributed by atoms with Crippen molar-refractivity contribution in [3.63, 3.8) is 0 Å². The predicted octanol–water partition coefficient (Wildman–Crippen LogP) is 4.32. The monoisotopic (exact) mass is 432 g/mol. The van der Waals surface area contributed by atoms with Crippen LogP contribution in [0, 0.1) is 17.3 Å². The number of benzene rings is 1. The summed E-state index contributed by atoms with van der Waals surface area (Å²) >= 11 is 1.50. The normalized spacial score (nSPS) is 26.6. The van der Waals surface area contributed by atoms with Crippen molar-refractivity contribution in [2.75, 3.05) is 5.75 Å². The lowest BCUT2D eigenvalue weighted by Crippen LogP contribution is -2.41. The summed E-state index contributed by atoms with van der Waals surface area (Å²) in [6, 6.07) is 6.61. The van der Waals surface area contributed by atoms with Gasteiger partial charge >= 0.3 is 5.97 Å². The molecule has 30 heavy (non-hydrogen) atoms. The first-order valence-corrected chi connectivity index (χ1v) is 11.9. The summed E-state index contributed by atoms with van der Waals surface area (Å²) in [5.74, 6) is -0.867. The zero-order valence-electron chi connectivity index (χ0n) is 17.5. The second-order valence-corrected chi connectivity index (χ2v) is 9.80. The van der Waals surface area contributed by atoms with Gasteiger partial charge in [-0.25, -0.2) is 4.79 Å². The van der Waals surface area contributed by atoms with Crippen molar-refractivity contribution in [1.82, 2.24) is 0 Å². The van der Waals surface area contributed by atoms with E-state index in [-0.39, 0.29) is 41.1 Å². The highest BCUT2D eigenvalue weighted by molar-refractivity contribution is 7.99. The first-order valence-electron chi connectivity index (χ1n) is 10.9. The third-order valence-corrected chi connectivity index (χ3v) is 7.92. The number of hydrogen-bond acceptors (Lipinski definition) is 5. The third kappa shape index (κ3) is 5.16. The Labute approximate surface area is 182 Å². The molecule has 2 saturated carbocycles. The van der Waals surface area contributed by atoms with Crippen molar-refractivity contribution in [1.29, 1.82) is 0 Å². The Kier molecular flexibility index (Phi) is 7.77. The SMILES string of the molecule is CCCC1(C(O)C/C=C/[C@H]2C(O)CC(=O)[C@@H]2CSc2ccc(C(=O)O)cc2)CCC1. The van der Waals surface area contributed by atoms with Gasteiger partial charge < -0.3 is 15.3 Å². The first kappa shape index (κ1) is 23.0. The molecule has 2 unspecified atom stereocenters. The minimum Gasteiger partial charge on any atom is -0.478 e. The van der Waals surface area contributed by atoms with E-state index in [1.165, 1.54) is 18.2 Å². The molecule has 0 spiro atoms. The summed E-state index contributed by atoms with van der Waals surface area (Å²) in [5.41, 5.74) is 0.291. The lowest BCUT2D eigenvalue weighted by Gasteiger charge is -2.45. The van der Waals surface area contributed by atoms with Crippen molar-refractivity contribution >= 4 is 23.5 Å². The predicted molar refractivity (Wildman–Crippen MR) is 118 cm³/mol. The van der Waals surface area contributed by atoms with Gasteiger partial charge in [0.15, 0.2) is 0 Å². The zero-order valence-corrected chi connectivity index (χ0v) is 18.3. The fourth-order valence-electron chi connectivity index (χ4n) is 4.82. The third-order valence-electron chi connectivity index (χ3n) is 6.79. The number of carboxylic acids is 1. The summed E-state index contributed by atoms with van der Waals surface area (Å²) in [6.07, 6.45) is 9.03. The molecular weight excluding hydrogens is 400 g/mol. The van der Waals surface area contributed by atoms with E-state index in [4.69, 9.17) is 5.11 Å². The standard InChI is InChI=1S/C24H32O5S/c1-2-11-24(12-4-13-24)22(27)6-3-5-18-19(21(26)14-20(18)25)15-30-17-9-7-16(8-10-17)23(28)29/h3,5,7-10,18-20,22,25,27H,2,4,6,11-15H2,1H3,(H,28,29)/b5-3+/t18-,19-,20?,22?/m1/s1. The maximum Gasteiger partial charge on any atom is 0.335 e. The molecule has 0 aliphatic heterocycles. The molecule has 2 fully saturated rings. The number of rotatable bonds is 10. The molecule has 0 radical (unpaired) electrons. The lowest BCUT2D eigenvalue weighted by atomic mass is 9.62. The van der Waals surface area contributed by atoms with Crippen LogP contribution in [0.4, 0.5) is 0 Å². The first-order chi connectivity index (χ1) is 14.4. The van der Waals surface area contributed by atoms with E-state index >= 15 is 0 Å². The molecule has 0 heterocycles. The fraction of sp³-hybridized carbons (Fsp3) is 0.583. The van der Waals surface area contributed by atoms with Gasteiger partial charge in [-0.2, -0.15) is 0 Å². The van der Waals surface area contributed by atoms with Crippen LogP contribution in [0.3, 0.4) is 0 Å². The second-order valence-electron chi connectivity index (χ2n) is 8.71. The average Bonchev–Trinajstić information content (AvgIpc) is 2.95. The van der Waals surface area contributed by atoms with Gasteiger partial charge in [0, 0.05) is 28.9 Å². The Morgan fingerprint density at radius 1 is 1.30 bits per heavy atom. The molecule has 2 aliphatic carbocycles. The van der Waals surface area contributed by atoms with E-state index in [2.05, 4.69) is 6.92 Å². The van der Waals surface area contributed by atoms with Crippen LogP contribution in [0.25, 0.3) is 0 Å². The largest absolute Gasteiger partial charge is 0.478 e. The maximum absolute atomic E-state index is 12.4. The molecule has 2 aliphatic rings. The minimum absolute atomic E-state index is 0.0561. The number of ketones is 1. The molecule has 0 bridgehead atoms. The number of aliphatic hydroxyl groups excluding tert-OH is 2. The molecule has 1 aromatic carbocycles. The van der Waals surface area contributed by atoms with Gasteiger partial charge in [-0.3, -0.25) is 4.79 Å². The van der Waals surface area contributed by atoms with Crippen LogP contribution >= 0.6 is 11.8 Å². The van der Waals surface area contributed by atoms with E-state index in [0.717, 1.165) is 30.6 Å². The smallest absolute Gasteiger partial charge is 0.335 e. The Hall–Kier alpha value is -1.63. The van der Waals surface area contributed by atoms with Crippen LogP contribution in [0.15, 0.2) is 41.3 Å². The number of hydrogen-bond donors (Lipinski definition) is 3. The molecule has 5 nitrogen and oxygen atoms in total. The number of carbonyl (C=O) groups excluding carboxylic acids is 1.